The van der Waals surface area contributed by atoms with Crippen molar-refractivity contribution in [1.82, 2.24) is 10.2 Å². The van der Waals surface area contributed by atoms with Crippen LogP contribution in [0.1, 0.15) is 11.3 Å². The summed E-state index contributed by atoms with van der Waals surface area (Å²) in [6.45, 7) is 1.92. The normalized spacial score (nSPS) is 10.2. The molecule has 0 amide bonds. The van der Waals surface area contributed by atoms with Gasteiger partial charge in [-0.05, 0) is 24.6 Å². The fourth-order valence-corrected chi connectivity index (χ4v) is 1.27. The number of fused-ring (bicyclic) bond motifs is 1. The van der Waals surface area contributed by atoms with Crippen LogP contribution in [0.25, 0.3) is 10.9 Å². The molecule has 0 saturated heterocycles. The zero-order valence-electron chi connectivity index (χ0n) is 7.13. The number of aromatic amines is 1. The highest BCUT2D eigenvalue weighted by atomic mass is 15.1. The molecule has 2 aromatic rings. The Bertz CT molecular complexity index is 504. The molecule has 4 nitrogen and oxygen atoms in total. The summed E-state index contributed by atoms with van der Waals surface area (Å²) in [6.07, 6.45) is 0. The van der Waals surface area contributed by atoms with E-state index < -0.39 is 0 Å². The first-order valence-electron chi connectivity index (χ1n) is 3.86. The Balaban J connectivity index is 2.86. The van der Waals surface area contributed by atoms with Gasteiger partial charge in [0, 0.05) is 11.1 Å². The summed E-state index contributed by atoms with van der Waals surface area (Å²) in [4.78, 5) is 0. The highest BCUT2D eigenvalue weighted by Crippen LogP contribution is 2.21. The Labute approximate surface area is 75.0 Å². The van der Waals surface area contributed by atoms with Gasteiger partial charge in [-0.2, -0.15) is 10.4 Å². The third-order valence-corrected chi connectivity index (χ3v) is 2.06. The molecule has 0 saturated carbocycles. The monoisotopic (exact) mass is 172 g/mol. The van der Waals surface area contributed by atoms with Crippen molar-refractivity contribution < 1.29 is 0 Å². The summed E-state index contributed by atoms with van der Waals surface area (Å²) < 4.78 is 0. The quantitative estimate of drug-likeness (QED) is 0.588. The molecule has 0 fully saturated rings. The Kier molecular flexibility index (Phi) is 1.46. The minimum Gasteiger partial charge on any atom is -0.398 e. The molecule has 0 unspecified atom stereocenters. The molecule has 3 N–H and O–H groups in total. The van der Waals surface area contributed by atoms with Crippen LogP contribution in [0.4, 0.5) is 5.69 Å². The molecule has 0 aliphatic rings. The van der Waals surface area contributed by atoms with E-state index in [9.17, 15) is 0 Å². The molecule has 1 aromatic carbocycles. The lowest BCUT2D eigenvalue weighted by Crippen LogP contribution is -1.88. The summed E-state index contributed by atoms with van der Waals surface area (Å²) in [6, 6.07) is 5.66. The molecule has 4 heteroatoms. The van der Waals surface area contributed by atoms with E-state index in [0.717, 1.165) is 16.5 Å². The Hall–Kier alpha value is -2.02. The molecule has 0 aliphatic heterocycles. The summed E-state index contributed by atoms with van der Waals surface area (Å²) in [5, 5.41) is 16.1. The summed E-state index contributed by atoms with van der Waals surface area (Å²) in [5.74, 6) is 0. The molecule has 0 spiro atoms. The molecule has 2 rings (SSSR count). The average Bonchev–Trinajstić information content (AvgIpc) is 2.48. The van der Waals surface area contributed by atoms with Crippen LogP contribution in [-0.2, 0) is 0 Å². The Morgan fingerprint density at radius 2 is 2.31 bits per heavy atom. The first-order chi connectivity index (χ1) is 6.22. The van der Waals surface area contributed by atoms with Gasteiger partial charge in [-0.3, -0.25) is 5.10 Å². The number of nitrogens with one attached hydrogen (secondary N) is 1. The third-order valence-electron chi connectivity index (χ3n) is 2.06. The molecule has 0 aliphatic carbocycles. The number of nitrogens with zero attached hydrogens (tertiary/aromatic N) is 2. The summed E-state index contributed by atoms with van der Waals surface area (Å²) in [5.41, 5.74) is 8.63. The molecule has 0 bridgehead atoms. The van der Waals surface area contributed by atoms with Crippen molar-refractivity contribution in [2.45, 2.75) is 6.92 Å². The van der Waals surface area contributed by atoms with Crippen LogP contribution >= 0.6 is 0 Å². The minimum absolute atomic E-state index is 0.390. The van der Waals surface area contributed by atoms with Crippen LogP contribution in [0.2, 0.25) is 0 Å². The van der Waals surface area contributed by atoms with Gasteiger partial charge in [-0.25, -0.2) is 0 Å². The highest BCUT2D eigenvalue weighted by Gasteiger charge is 2.05. The van der Waals surface area contributed by atoms with E-state index in [0.29, 0.717) is 11.4 Å². The van der Waals surface area contributed by atoms with E-state index in [-0.39, 0.29) is 0 Å². The van der Waals surface area contributed by atoms with E-state index in [1.54, 1.807) is 6.07 Å². The van der Waals surface area contributed by atoms with Crippen molar-refractivity contribution in [2.24, 2.45) is 0 Å². The molecule has 1 aromatic heterocycles. The number of aryl methyl sites for hydroxylation is 1. The van der Waals surface area contributed by atoms with Gasteiger partial charge in [-0.1, -0.05) is 0 Å². The molecular formula is C9H8N4. The maximum atomic E-state index is 8.71. The van der Waals surface area contributed by atoms with E-state index >= 15 is 0 Å². The molecule has 0 radical (unpaired) electrons. The second-order valence-corrected chi connectivity index (χ2v) is 2.94. The highest BCUT2D eigenvalue weighted by molar-refractivity contribution is 5.87. The van der Waals surface area contributed by atoms with Crippen molar-refractivity contribution in [1.29, 1.82) is 5.26 Å². The SMILES string of the molecule is Cc1cc2[nH]nc(C#N)c2cc1N. The van der Waals surface area contributed by atoms with Crippen molar-refractivity contribution in [3.05, 3.63) is 23.4 Å². The van der Waals surface area contributed by atoms with E-state index in [4.69, 9.17) is 11.0 Å². The molecule has 64 valence electrons. The van der Waals surface area contributed by atoms with Crippen LogP contribution in [0, 0.1) is 18.3 Å². The van der Waals surface area contributed by atoms with Crippen LogP contribution in [0.15, 0.2) is 12.1 Å². The number of nitrogens with two attached hydrogens (primary N) is 1. The lowest BCUT2D eigenvalue weighted by atomic mass is 10.1. The number of aromatic nitrogens is 2. The summed E-state index contributed by atoms with van der Waals surface area (Å²) >= 11 is 0. The smallest absolute Gasteiger partial charge is 0.170 e. The predicted octanol–water partition coefficient (Wildman–Crippen LogP) is 1.33. The average molecular weight is 172 g/mol. The Morgan fingerprint density at radius 1 is 1.54 bits per heavy atom. The van der Waals surface area contributed by atoms with Crippen molar-refractivity contribution >= 4 is 16.6 Å². The first kappa shape index (κ1) is 7.62. The summed E-state index contributed by atoms with van der Waals surface area (Å²) in [7, 11) is 0. The number of nitrogen functional groups attached to an aromatic ring is 1. The maximum Gasteiger partial charge on any atom is 0.170 e. The maximum absolute atomic E-state index is 8.71. The lowest BCUT2D eigenvalue weighted by Gasteiger charge is -1.98. The van der Waals surface area contributed by atoms with E-state index in [2.05, 4.69) is 10.2 Å². The molecule has 13 heavy (non-hydrogen) atoms. The van der Waals surface area contributed by atoms with Gasteiger partial charge in [0.2, 0.25) is 0 Å². The number of hydrogen-bond acceptors (Lipinski definition) is 3. The van der Waals surface area contributed by atoms with Gasteiger partial charge >= 0.3 is 0 Å². The van der Waals surface area contributed by atoms with Crippen molar-refractivity contribution in [3.8, 4) is 6.07 Å². The zero-order valence-corrected chi connectivity index (χ0v) is 7.13. The van der Waals surface area contributed by atoms with Crippen LogP contribution < -0.4 is 5.73 Å². The minimum atomic E-state index is 0.390. The van der Waals surface area contributed by atoms with Crippen molar-refractivity contribution in [3.63, 3.8) is 0 Å². The number of benzene rings is 1. The second kappa shape index (κ2) is 2.49. The Morgan fingerprint density at radius 3 is 3.00 bits per heavy atom. The number of rotatable bonds is 0. The largest absolute Gasteiger partial charge is 0.398 e. The van der Waals surface area contributed by atoms with Gasteiger partial charge in [0.15, 0.2) is 5.69 Å². The van der Waals surface area contributed by atoms with E-state index in [1.165, 1.54) is 0 Å². The van der Waals surface area contributed by atoms with Gasteiger partial charge in [0.25, 0.3) is 0 Å². The molecule has 1 heterocycles. The van der Waals surface area contributed by atoms with Crippen LogP contribution in [-0.4, -0.2) is 10.2 Å². The number of anilines is 1. The lowest BCUT2D eigenvalue weighted by molar-refractivity contribution is 1.10. The standard InChI is InChI=1S/C9H8N4/c1-5-2-8-6(3-7(5)11)9(4-10)13-12-8/h2-3H,11H2,1H3,(H,12,13). The van der Waals surface area contributed by atoms with Crippen LogP contribution in [0.5, 0.6) is 0 Å². The van der Waals surface area contributed by atoms with Gasteiger partial charge in [0.05, 0.1) is 5.52 Å². The molecular weight excluding hydrogens is 164 g/mol. The number of hydrogen-bond donors (Lipinski definition) is 2. The molecule has 0 atom stereocenters. The fourth-order valence-electron chi connectivity index (χ4n) is 1.27. The third kappa shape index (κ3) is 1.02. The van der Waals surface area contributed by atoms with Gasteiger partial charge in [0.1, 0.15) is 6.07 Å². The topological polar surface area (TPSA) is 78.5 Å². The zero-order chi connectivity index (χ0) is 9.42. The number of nitriles is 1. The first-order valence-corrected chi connectivity index (χ1v) is 3.86. The van der Waals surface area contributed by atoms with Crippen molar-refractivity contribution in [2.75, 3.05) is 5.73 Å². The predicted molar refractivity (Wildman–Crippen MR) is 50.0 cm³/mol. The van der Waals surface area contributed by atoms with Gasteiger partial charge < -0.3 is 5.73 Å². The van der Waals surface area contributed by atoms with E-state index in [1.807, 2.05) is 19.1 Å². The number of H-pyrrole nitrogens is 1. The second-order valence-electron chi connectivity index (χ2n) is 2.94. The van der Waals surface area contributed by atoms with Crippen LogP contribution in [0.3, 0.4) is 0 Å². The van der Waals surface area contributed by atoms with Gasteiger partial charge in [-0.15, -0.1) is 0 Å². The fraction of sp³-hybridized carbons (Fsp3) is 0.111.